The number of rotatable bonds is 7. The molecule has 0 aliphatic rings. The molecule has 0 aliphatic heterocycles. The second kappa shape index (κ2) is 9.27. The van der Waals surface area contributed by atoms with Gasteiger partial charge in [-0.05, 0) is 30.3 Å². The van der Waals surface area contributed by atoms with Crippen LogP contribution in [0, 0.1) is 0 Å². The lowest BCUT2D eigenvalue weighted by Gasteiger charge is -2.09. The van der Waals surface area contributed by atoms with Crippen LogP contribution in [0.2, 0.25) is 0 Å². The summed E-state index contributed by atoms with van der Waals surface area (Å²) in [6.45, 7) is 0. The van der Waals surface area contributed by atoms with Crippen molar-refractivity contribution in [2.24, 2.45) is 7.05 Å². The zero-order valence-corrected chi connectivity index (χ0v) is 17.2. The predicted octanol–water partition coefficient (Wildman–Crippen LogP) is 2.38. The molecule has 2 aromatic heterocycles. The molecule has 2 heterocycles. The highest BCUT2D eigenvalue weighted by Crippen LogP contribution is 2.23. The summed E-state index contributed by atoms with van der Waals surface area (Å²) in [6.07, 6.45) is 1.54. The highest BCUT2D eigenvalue weighted by atomic mass is 32.2. The molecule has 11 heteroatoms. The molecule has 1 aromatic carbocycles. The molecule has 0 unspecified atom stereocenters. The number of esters is 2. The van der Waals surface area contributed by atoms with E-state index in [1.807, 2.05) is 0 Å². The van der Waals surface area contributed by atoms with Gasteiger partial charge in [0.15, 0.2) is 16.7 Å². The van der Waals surface area contributed by atoms with E-state index in [1.165, 1.54) is 50.4 Å². The first-order chi connectivity index (χ1) is 14.4. The largest absolute Gasteiger partial charge is 0.465 e. The van der Waals surface area contributed by atoms with Crippen molar-refractivity contribution in [1.82, 2.24) is 14.8 Å². The van der Waals surface area contributed by atoms with E-state index in [0.29, 0.717) is 16.7 Å². The van der Waals surface area contributed by atoms with Gasteiger partial charge in [-0.15, -0.1) is 10.2 Å². The highest BCUT2D eigenvalue weighted by molar-refractivity contribution is 7.99. The minimum Gasteiger partial charge on any atom is -0.465 e. The minimum absolute atomic E-state index is 0.0279. The zero-order valence-electron chi connectivity index (χ0n) is 16.4. The van der Waals surface area contributed by atoms with Gasteiger partial charge >= 0.3 is 11.9 Å². The summed E-state index contributed by atoms with van der Waals surface area (Å²) in [6, 6.07) is 7.67. The Kier molecular flexibility index (Phi) is 6.52. The third-order valence-electron chi connectivity index (χ3n) is 3.97. The highest BCUT2D eigenvalue weighted by Gasteiger charge is 2.17. The lowest BCUT2D eigenvalue weighted by Crippen LogP contribution is -2.16. The van der Waals surface area contributed by atoms with Crippen LogP contribution in [0.5, 0.6) is 0 Å². The fraction of sp³-hybridized carbons (Fsp3) is 0.211. The predicted molar refractivity (Wildman–Crippen MR) is 107 cm³/mol. The lowest BCUT2D eigenvalue weighted by atomic mass is 10.1. The summed E-state index contributed by atoms with van der Waals surface area (Å²) < 4.78 is 16.4. The van der Waals surface area contributed by atoms with E-state index < -0.39 is 11.9 Å². The Hall–Kier alpha value is -3.60. The van der Waals surface area contributed by atoms with Crippen molar-refractivity contribution >= 4 is 35.3 Å². The molecule has 10 nitrogen and oxygen atoms in total. The minimum atomic E-state index is -0.643. The molecule has 0 fully saturated rings. The van der Waals surface area contributed by atoms with Gasteiger partial charge in [0.2, 0.25) is 5.91 Å². The molecule has 1 amide bonds. The number of carbonyl (C=O) groups excluding carboxylic acids is 3. The first-order valence-electron chi connectivity index (χ1n) is 8.60. The third kappa shape index (κ3) is 4.69. The van der Waals surface area contributed by atoms with Crippen molar-refractivity contribution in [3.8, 4) is 11.6 Å². The molecule has 0 aliphatic carbocycles. The van der Waals surface area contributed by atoms with Crippen LogP contribution in [0.1, 0.15) is 20.7 Å². The van der Waals surface area contributed by atoms with E-state index in [2.05, 4.69) is 25.0 Å². The third-order valence-corrected chi connectivity index (χ3v) is 4.99. The van der Waals surface area contributed by atoms with E-state index in [4.69, 9.17) is 4.42 Å². The average Bonchev–Trinajstić information content (AvgIpc) is 3.40. The summed E-state index contributed by atoms with van der Waals surface area (Å²) in [5.41, 5.74) is 0.484. The lowest BCUT2D eigenvalue weighted by molar-refractivity contribution is -0.113. The van der Waals surface area contributed by atoms with Crippen molar-refractivity contribution in [2.45, 2.75) is 5.16 Å². The Morgan fingerprint density at radius 1 is 1.10 bits per heavy atom. The normalized spacial score (nSPS) is 10.5. The van der Waals surface area contributed by atoms with Crippen LogP contribution in [-0.2, 0) is 21.3 Å². The van der Waals surface area contributed by atoms with Gasteiger partial charge in [0.1, 0.15) is 0 Å². The van der Waals surface area contributed by atoms with Crippen molar-refractivity contribution in [3.63, 3.8) is 0 Å². The molecule has 0 spiro atoms. The maximum absolute atomic E-state index is 12.4. The number of nitrogens with zero attached hydrogens (tertiary/aromatic N) is 3. The SMILES string of the molecule is COC(=O)c1cc(NC(=O)CSc2nnc(-c3ccco3)n2C)cc(C(=O)OC)c1. The second-order valence-corrected chi connectivity index (χ2v) is 6.90. The molecule has 0 saturated carbocycles. The summed E-state index contributed by atoms with van der Waals surface area (Å²) >= 11 is 1.17. The van der Waals surface area contributed by atoms with Gasteiger partial charge in [-0.1, -0.05) is 11.8 Å². The fourth-order valence-electron chi connectivity index (χ4n) is 2.56. The monoisotopic (exact) mass is 430 g/mol. The number of thioether (sulfide) groups is 1. The molecule has 1 N–H and O–H groups in total. The van der Waals surface area contributed by atoms with Crippen LogP contribution in [0.3, 0.4) is 0 Å². The Morgan fingerprint density at radius 3 is 2.33 bits per heavy atom. The second-order valence-electron chi connectivity index (χ2n) is 5.96. The number of nitrogens with one attached hydrogen (secondary N) is 1. The Bertz CT molecular complexity index is 1040. The van der Waals surface area contributed by atoms with Gasteiger partial charge in [-0.3, -0.25) is 4.79 Å². The Balaban J connectivity index is 1.70. The molecule has 0 saturated heterocycles. The number of methoxy groups -OCH3 is 2. The van der Waals surface area contributed by atoms with Crippen LogP contribution < -0.4 is 5.32 Å². The topological polar surface area (TPSA) is 126 Å². The summed E-state index contributed by atoms with van der Waals surface area (Å²) in [7, 11) is 4.21. The number of anilines is 1. The van der Waals surface area contributed by atoms with E-state index in [-0.39, 0.29) is 28.5 Å². The summed E-state index contributed by atoms with van der Waals surface area (Å²) in [5.74, 6) is -0.515. The number of furan rings is 1. The van der Waals surface area contributed by atoms with E-state index in [9.17, 15) is 14.4 Å². The van der Waals surface area contributed by atoms with Gasteiger partial charge in [0.05, 0.1) is 37.4 Å². The first-order valence-corrected chi connectivity index (χ1v) is 9.59. The number of carbonyl (C=O) groups is 3. The van der Waals surface area contributed by atoms with Crippen molar-refractivity contribution in [1.29, 1.82) is 0 Å². The van der Waals surface area contributed by atoms with Crippen LogP contribution in [-0.4, -0.2) is 52.6 Å². The number of amides is 1. The van der Waals surface area contributed by atoms with Gasteiger partial charge in [-0.25, -0.2) is 9.59 Å². The molecular weight excluding hydrogens is 412 g/mol. The van der Waals surface area contributed by atoms with Gasteiger partial charge in [0.25, 0.3) is 0 Å². The number of hydrogen-bond acceptors (Lipinski definition) is 9. The van der Waals surface area contributed by atoms with E-state index >= 15 is 0 Å². The quantitative estimate of drug-likeness (QED) is 0.444. The van der Waals surface area contributed by atoms with E-state index in [0.717, 1.165) is 0 Å². The molecule has 0 bridgehead atoms. The first kappa shape index (κ1) is 21.1. The molecule has 30 heavy (non-hydrogen) atoms. The molecular formula is C19H18N4O6S. The maximum atomic E-state index is 12.4. The maximum Gasteiger partial charge on any atom is 0.337 e. The molecule has 0 atom stereocenters. The standard InChI is InChI=1S/C19H18N4O6S/c1-23-16(14-5-4-6-29-14)21-22-19(23)30-10-15(24)20-13-8-11(17(25)27-2)7-12(9-13)18(26)28-3/h4-9H,10H2,1-3H3,(H,20,24). The van der Waals surface area contributed by atoms with Gasteiger partial charge < -0.3 is 23.8 Å². The molecule has 3 aromatic rings. The van der Waals surface area contributed by atoms with Gasteiger partial charge in [-0.2, -0.15) is 0 Å². The molecule has 0 radical (unpaired) electrons. The van der Waals surface area contributed by atoms with Crippen molar-refractivity contribution < 1.29 is 28.3 Å². The van der Waals surface area contributed by atoms with Gasteiger partial charge in [0, 0.05) is 12.7 Å². The van der Waals surface area contributed by atoms with Crippen LogP contribution in [0.15, 0.2) is 46.2 Å². The number of hydrogen-bond donors (Lipinski definition) is 1. The Labute approximate surface area is 175 Å². The Morgan fingerprint density at radius 2 is 1.77 bits per heavy atom. The summed E-state index contributed by atoms with van der Waals surface area (Å²) in [5, 5.41) is 11.3. The zero-order chi connectivity index (χ0) is 21.7. The number of aromatic nitrogens is 3. The van der Waals surface area contributed by atoms with Crippen LogP contribution in [0.25, 0.3) is 11.6 Å². The van der Waals surface area contributed by atoms with E-state index in [1.54, 1.807) is 23.7 Å². The van der Waals surface area contributed by atoms with Crippen molar-refractivity contribution in [3.05, 3.63) is 47.7 Å². The smallest absolute Gasteiger partial charge is 0.337 e. The average molecular weight is 430 g/mol. The summed E-state index contributed by atoms with van der Waals surface area (Å²) in [4.78, 5) is 36.1. The molecule has 156 valence electrons. The fourth-order valence-corrected chi connectivity index (χ4v) is 3.27. The molecule has 3 rings (SSSR count). The number of benzene rings is 1. The van der Waals surface area contributed by atoms with Crippen LogP contribution >= 0.6 is 11.8 Å². The number of ether oxygens (including phenoxy) is 2. The van der Waals surface area contributed by atoms with Crippen molar-refractivity contribution in [2.75, 3.05) is 25.3 Å². The van der Waals surface area contributed by atoms with Crippen LogP contribution in [0.4, 0.5) is 5.69 Å².